The molecule has 0 radical (unpaired) electrons. The van der Waals surface area contributed by atoms with Crippen LogP contribution in [0.15, 0.2) is 17.5 Å². The summed E-state index contributed by atoms with van der Waals surface area (Å²) in [5.74, 6) is 0. The molecule has 2 rings (SSSR count). The van der Waals surface area contributed by atoms with Gasteiger partial charge in [0.1, 0.15) is 11.7 Å². The molecule has 4 nitrogen and oxygen atoms in total. The van der Waals surface area contributed by atoms with E-state index in [0.717, 1.165) is 6.42 Å². The fourth-order valence-corrected chi connectivity index (χ4v) is 2.43. The van der Waals surface area contributed by atoms with Crippen molar-refractivity contribution in [3.63, 3.8) is 0 Å². The minimum atomic E-state index is -0.470. The smallest absolute Gasteiger partial charge is 0.407 e. The van der Waals surface area contributed by atoms with Gasteiger partial charge in [-0.15, -0.1) is 11.3 Å². The summed E-state index contributed by atoms with van der Waals surface area (Å²) < 4.78 is 10.5. The van der Waals surface area contributed by atoms with E-state index in [-0.39, 0.29) is 18.2 Å². The van der Waals surface area contributed by atoms with Crippen molar-refractivity contribution in [1.82, 2.24) is 5.32 Å². The summed E-state index contributed by atoms with van der Waals surface area (Å²) in [4.78, 5) is 13.0. The molecule has 1 aliphatic rings. The summed E-state index contributed by atoms with van der Waals surface area (Å²) in [7, 11) is 0. The predicted molar refractivity (Wildman–Crippen MR) is 70.9 cm³/mol. The zero-order chi connectivity index (χ0) is 13.2. The van der Waals surface area contributed by atoms with E-state index in [9.17, 15) is 4.79 Å². The van der Waals surface area contributed by atoms with Crippen molar-refractivity contribution >= 4 is 17.4 Å². The lowest BCUT2D eigenvalue weighted by atomic mass is 10.1. The van der Waals surface area contributed by atoms with Crippen LogP contribution in [0.2, 0.25) is 0 Å². The van der Waals surface area contributed by atoms with Crippen molar-refractivity contribution in [2.24, 2.45) is 0 Å². The van der Waals surface area contributed by atoms with Gasteiger partial charge in [0.15, 0.2) is 0 Å². The lowest BCUT2D eigenvalue weighted by Gasteiger charge is -2.22. The molecule has 1 aromatic rings. The van der Waals surface area contributed by atoms with Gasteiger partial charge in [0.05, 0.1) is 12.6 Å². The lowest BCUT2D eigenvalue weighted by molar-refractivity contribution is 0.0495. The zero-order valence-electron chi connectivity index (χ0n) is 10.9. The Bertz CT molecular complexity index is 393. The summed E-state index contributed by atoms with van der Waals surface area (Å²) in [6.45, 7) is 6.28. The number of epoxide rings is 1. The van der Waals surface area contributed by atoms with Crippen LogP contribution in [0.4, 0.5) is 4.79 Å². The van der Waals surface area contributed by atoms with Crippen LogP contribution in [0.3, 0.4) is 0 Å². The van der Waals surface area contributed by atoms with Gasteiger partial charge in [-0.25, -0.2) is 4.79 Å². The van der Waals surface area contributed by atoms with Gasteiger partial charge in [0.25, 0.3) is 0 Å². The van der Waals surface area contributed by atoms with Crippen molar-refractivity contribution in [1.29, 1.82) is 0 Å². The molecule has 1 N–H and O–H groups in total. The minimum Gasteiger partial charge on any atom is -0.444 e. The Labute approximate surface area is 111 Å². The van der Waals surface area contributed by atoms with Gasteiger partial charge in [-0.1, -0.05) is 6.07 Å². The minimum absolute atomic E-state index is 0.00139. The first-order valence-corrected chi connectivity index (χ1v) is 6.95. The average molecular weight is 269 g/mol. The second kappa shape index (κ2) is 5.28. The molecule has 1 aliphatic heterocycles. The molecule has 0 bridgehead atoms. The van der Waals surface area contributed by atoms with Gasteiger partial charge in [0.2, 0.25) is 0 Å². The van der Waals surface area contributed by atoms with Crippen LogP contribution in [-0.4, -0.2) is 30.4 Å². The van der Waals surface area contributed by atoms with Crippen molar-refractivity contribution < 1.29 is 14.3 Å². The van der Waals surface area contributed by atoms with Crippen LogP contribution >= 0.6 is 11.3 Å². The van der Waals surface area contributed by atoms with Gasteiger partial charge >= 0.3 is 6.09 Å². The van der Waals surface area contributed by atoms with Crippen LogP contribution in [0.25, 0.3) is 0 Å². The van der Waals surface area contributed by atoms with E-state index >= 15 is 0 Å². The summed E-state index contributed by atoms with van der Waals surface area (Å²) in [5, 5.41) is 4.93. The third-order valence-corrected chi connectivity index (χ3v) is 3.41. The summed E-state index contributed by atoms with van der Waals surface area (Å²) in [6, 6.07) is 4.08. The number of nitrogens with one attached hydrogen (secondary N) is 1. The summed E-state index contributed by atoms with van der Waals surface area (Å²) in [6.07, 6.45) is 0.542. The number of rotatable bonds is 4. The molecule has 18 heavy (non-hydrogen) atoms. The maximum atomic E-state index is 11.7. The van der Waals surface area contributed by atoms with Crippen LogP contribution in [0.1, 0.15) is 25.6 Å². The van der Waals surface area contributed by atoms with E-state index in [1.54, 1.807) is 11.3 Å². The highest BCUT2D eigenvalue weighted by atomic mass is 32.1. The highest BCUT2D eigenvalue weighted by molar-refractivity contribution is 7.09. The fourth-order valence-electron chi connectivity index (χ4n) is 1.67. The number of hydrogen-bond acceptors (Lipinski definition) is 4. The van der Waals surface area contributed by atoms with Crippen LogP contribution in [0.5, 0.6) is 0 Å². The molecule has 1 saturated heterocycles. The van der Waals surface area contributed by atoms with E-state index in [2.05, 4.69) is 11.4 Å². The molecule has 0 saturated carbocycles. The predicted octanol–water partition coefficient (Wildman–Crippen LogP) is 2.58. The Morgan fingerprint density at radius 1 is 1.67 bits per heavy atom. The molecular weight excluding hydrogens is 250 g/mol. The van der Waals surface area contributed by atoms with E-state index in [4.69, 9.17) is 9.47 Å². The average Bonchev–Trinajstić information content (AvgIpc) is 2.95. The van der Waals surface area contributed by atoms with Crippen molar-refractivity contribution in [3.8, 4) is 0 Å². The highest BCUT2D eigenvalue weighted by Gasteiger charge is 2.35. The number of hydrogen-bond donors (Lipinski definition) is 1. The lowest BCUT2D eigenvalue weighted by Crippen LogP contribution is -2.43. The Morgan fingerprint density at radius 2 is 2.39 bits per heavy atom. The number of alkyl carbamates (subject to hydrolysis) is 1. The molecule has 2 atom stereocenters. The molecular formula is C13H19NO3S. The van der Waals surface area contributed by atoms with Crippen LogP contribution in [-0.2, 0) is 15.9 Å². The SMILES string of the molecule is CC(C)(C)OC(=O)N[C@H](Cc1cccs1)[C@@H]1CO1. The molecule has 0 aromatic carbocycles. The normalized spacial score (nSPS) is 20.3. The molecule has 0 unspecified atom stereocenters. The first-order valence-electron chi connectivity index (χ1n) is 6.07. The highest BCUT2D eigenvalue weighted by Crippen LogP contribution is 2.21. The van der Waals surface area contributed by atoms with Crippen molar-refractivity contribution in [2.45, 2.75) is 44.9 Å². The van der Waals surface area contributed by atoms with Crippen LogP contribution in [0, 0.1) is 0 Å². The van der Waals surface area contributed by atoms with Crippen LogP contribution < -0.4 is 5.32 Å². The van der Waals surface area contributed by atoms with E-state index < -0.39 is 5.60 Å². The monoisotopic (exact) mass is 269 g/mol. The zero-order valence-corrected chi connectivity index (χ0v) is 11.8. The molecule has 1 amide bonds. The molecule has 1 aromatic heterocycles. The third-order valence-electron chi connectivity index (χ3n) is 2.51. The Morgan fingerprint density at radius 3 is 2.89 bits per heavy atom. The molecule has 2 heterocycles. The maximum Gasteiger partial charge on any atom is 0.407 e. The number of ether oxygens (including phenoxy) is 2. The first kappa shape index (κ1) is 13.4. The van der Waals surface area contributed by atoms with E-state index in [1.807, 2.05) is 32.2 Å². The topological polar surface area (TPSA) is 50.9 Å². The molecule has 1 fully saturated rings. The van der Waals surface area contributed by atoms with E-state index in [0.29, 0.717) is 6.61 Å². The van der Waals surface area contributed by atoms with Gasteiger partial charge < -0.3 is 14.8 Å². The largest absolute Gasteiger partial charge is 0.444 e. The Balaban J connectivity index is 1.88. The van der Waals surface area contributed by atoms with Gasteiger partial charge in [0, 0.05) is 11.3 Å². The second-order valence-corrected chi connectivity index (χ2v) is 6.44. The molecule has 5 heteroatoms. The first-order chi connectivity index (χ1) is 8.44. The third kappa shape index (κ3) is 4.31. The number of thiophene rings is 1. The molecule has 0 aliphatic carbocycles. The number of amides is 1. The molecule has 0 spiro atoms. The van der Waals surface area contributed by atoms with Gasteiger partial charge in [-0.3, -0.25) is 0 Å². The molecule has 100 valence electrons. The second-order valence-electron chi connectivity index (χ2n) is 5.41. The Kier molecular flexibility index (Phi) is 3.92. The fraction of sp³-hybridized carbons (Fsp3) is 0.615. The van der Waals surface area contributed by atoms with E-state index in [1.165, 1.54) is 4.88 Å². The maximum absolute atomic E-state index is 11.7. The Hall–Kier alpha value is -1.07. The number of carbonyl (C=O) groups is 1. The number of carbonyl (C=O) groups excluding carboxylic acids is 1. The van der Waals surface area contributed by atoms with Gasteiger partial charge in [-0.2, -0.15) is 0 Å². The standard InChI is InChI=1S/C13H19NO3S/c1-13(2,3)17-12(15)14-10(11-8-16-11)7-9-5-4-6-18-9/h4-6,10-11H,7-8H2,1-3H3,(H,14,15)/t10-,11+/m1/s1. The van der Waals surface area contributed by atoms with Crippen molar-refractivity contribution in [2.75, 3.05) is 6.61 Å². The summed E-state index contributed by atoms with van der Waals surface area (Å²) in [5.41, 5.74) is -0.470. The quantitative estimate of drug-likeness (QED) is 0.855. The van der Waals surface area contributed by atoms with Crippen molar-refractivity contribution in [3.05, 3.63) is 22.4 Å². The van der Waals surface area contributed by atoms with Gasteiger partial charge in [-0.05, 0) is 32.2 Å². The summed E-state index contributed by atoms with van der Waals surface area (Å²) >= 11 is 1.69.